The van der Waals surface area contributed by atoms with Crippen LogP contribution in [0.1, 0.15) is 11.1 Å². The molecular formula is C16H20N2. The predicted octanol–water partition coefficient (Wildman–Crippen LogP) is 2.82. The smallest absolute Gasteiger partial charge is 0.0426 e. The van der Waals surface area contributed by atoms with Gasteiger partial charge in [0.1, 0.15) is 0 Å². The van der Waals surface area contributed by atoms with Gasteiger partial charge < -0.3 is 10.6 Å². The SMILES string of the molecule is CN(Cc1ccccc1)c1ccccc1CCN. The van der Waals surface area contributed by atoms with Gasteiger partial charge in [0.25, 0.3) is 0 Å². The molecule has 0 bridgehead atoms. The Morgan fingerprint density at radius 3 is 2.33 bits per heavy atom. The van der Waals surface area contributed by atoms with Crippen molar-refractivity contribution >= 4 is 5.69 Å². The summed E-state index contributed by atoms with van der Waals surface area (Å²) in [5.74, 6) is 0. The van der Waals surface area contributed by atoms with E-state index in [1.807, 2.05) is 6.07 Å². The fourth-order valence-electron chi connectivity index (χ4n) is 2.19. The van der Waals surface area contributed by atoms with Gasteiger partial charge in [0.15, 0.2) is 0 Å². The first kappa shape index (κ1) is 12.7. The van der Waals surface area contributed by atoms with E-state index in [-0.39, 0.29) is 0 Å². The van der Waals surface area contributed by atoms with E-state index in [4.69, 9.17) is 5.73 Å². The molecule has 0 fully saturated rings. The van der Waals surface area contributed by atoms with Crippen molar-refractivity contribution in [2.45, 2.75) is 13.0 Å². The molecule has 2 nitrogen and oxygen atoms in total. The minimum Gasteiger partial charge on any atom is -0.370 e. The van der Waals surface area contributed by atoms with Gasteiger partial charge >= 0.3 is 0 Å². The number of benzene rings is 2. The van der Waals surface area contributed by atoms with Crippen LogP contribution in [0.25, 0.3) is 0 Å². The summed E-state index contributed by atoms with van der Waals surface area (Å²) in [5.41, 5.74) is 9.57. The van der Waals surface area contributed by atoms with Gasteiger partial charge in [-0.1, -0.05) is 48.5 Å². The molecule has 0 spiro atoms. The Labute approximate surface area is 109 Å². The summed E-state index contributed by atoms with van der Waals surface area (Å²) in [4.78, 5) is 2.28. The van der Waals surface area contributed by atoms with Crippen molar-refractivity contribution in [1.29, 1.82) is 0 Å². The zero-order valence-corrected chi connectivity index (χ0v) is 10.8. The maximum atomic E-state index is 5.66. The van der Waals surface area contributed by atoms with Crippen LogP contribution in [0.15, 0.2) is 54.6 Å². The molecule has 0 heterocycles. The summed E-state index contributed by atoms with van der Waals surface area (Å²) >= 11 is 0. The first-order valence-electron chi connectivity index (χ1n) is 6.34. The Morgan fingerprint density at radius 2 is 1.61 bits per heavy atom. The summed E-state index contributed by atoms with van der Waals surface area (Å²) in [6.45, 7) is 1.61. The second-order valence-corrected chi connectivity index (χ2v) is 4.51. The third-order valence-electron chi connectivity index (χ3n) is 3.08. The van der Waals surface area contributed by atoms with Gasteiger partial charge in [-0.25, -0.2) is 0 Å². The van der Waals surface area contributed by atoms with Crippen LogP contribution in [0.5, 0.6) is 0 Å². The highest BCUT2D eigenvalue weighted by Crippen LogP contribution is 2.21. The molecule has 0 amide bonds. The number of para-hydroxylation sites is 1. The Bertz CT molecular complexity index is 479. The Kier molecular flexibility index (Phi) is 4.37. The highest BCUT2D eigenvalue weighted by molar-refractivity contribution is 5.53. The van der Waals surface area contributed by atoms with E-state index in [0.717, 1.165) is 13.0 Å². The summed E-state index contributed by atoms with van der Waals surface area (Å²) in [7, 11) is 2.13. The number of hydrogen-bond donors (Lipinski definition) is 1. The fourth-order valence-corrected chi connectivity index (χ4v) is 2.19. The molecule has 0 aromatic heterocycles. The van der Waals surface area contributed by atoms with Crippen LogP contribution in [0, 0.1) is 0 Å². The van der Waals surface area contributed by atoms with Gasteiger partial charge in [-0.3, -0.25) is 0 Å². The lowest BCUT2D eigenvalue weighted by atomic mass is 10.1. The summed E-state index contributed by atoms with van der Waals surface area (Å²) in [5, 5.41) is 0. The second kappa shape index (κ2) is 6.22. The quantitative estimate of drug-likeness (QED) is 0.870. The molecule has 0 atom stereocenters. The van der Waals surface area contributed by atoms with Crippen molar-refractivity contribution in [2.24, 2.45) is 5.73 Å². The van der Waals surface area contributed by atoms with Gasteiger partial charge in [-0.15, -0.1) is 0 Å². The van der Waals surface area contributed by atoms with Gasteiger partial charge in [0.05, 0.1) is 0 Å². The van der Waals surface area contributed by atoms with Crippen LogP contribution in [0.3, 0.4) is 0 Å². The van der Waals surface area contributed by atoms with Crippen LogP contribution < -0.4 is 10.6 Å². The van der Waals surface area contributed by atoms with Crippen LogP contribution >= 0.6 is 0 Å². The number of anilines is 1. The molecule has 0 saturated heterocycles. The lowest BCUT2D eigenvalue weighted by Crippen LogP contribution is -2.18. The van der Waals surface area contributed by atoms with Crippen molar-refractivity contribution in [3.05, 3.63) is 65.7 Å². The Balaban J connectivity index is 2.16. The van der Waals surface area contributed by atoms with Crippen LogP contribution in [0.2, 0.25) is 0 Å². The van der Waals surface area contributed by atoms with Crippen LogP contribution in [0.4, 0.5) is 5.69 Å². The Morgan fingerprint density at radius 1 is 0.944 bits per heavy atom. The zero-order valence-electron chi connectivity index (χ0n) is 10.8. The van der Waals surface area contributed by atoms with Crippen molar-refractivity contribution in [2.75, 3.05) is 18.5 Å². The van der Waals surface area contributed by atoms with Crippen molar-refractivity contribution in [3.8, 4) is 0 Å². The van der Waals surface area contributed by atoms with Crippen molar-refractivity contribution < 1.29 is 0 Å². The molecule has 2 aromatic rings. The van der Waals surface area contributed by atoms with E-state index >= 15 is 0 Å². The van der Waals surface area contributed by atoms with Crippen LogP contribution in [-0.4, -0.2) is 13.6 Å². The molecule has 94 valence electrons. The molecule has 0 aliphatic heterocycles. The minimum absolute atomic E-state index is 0.691. The fraction of sp³-hybridized carbons (Fsp3) is 0.250. The summed E-state index contributed by atoms with van der Waals surface area (Å²) in [6.07, 6.45) is 0.926. The minimum atomic E-state index is 0.691. The Hall–Kier alpha value is -1.80. The lowest BCUT2D eigenvalue weighted by Gasteiger charge is -2.22. The maximum Gasteiger partial charge on any atom is 0.0426 e. The lowest BCUT2D eigenvalue weighted by molar-refractivity contribution is 0.893. The first-order valence-corrected chi connectivity index (χ1v) is 6.34. The molecule has 0 saturated carbocycles. The topological polar surface area (TPSA) is 29.3 Å². The molecule has 0 aliphatic carbocycles. The molecule has 0 unspecified atom stereocenters. The highest BCUT2D eigenvalue weighted by Gasteiger charge is 2.06. The van der Waals surface area contributed by atoms with Gasteiger partial charge in [0, 0.05) is 19.3 Å². The van der Waals surface area contributed by atoms with E-state index in [1.54, 1.807) is 0 Å². The monoisotopic (exact) mass is 240 g/mol. The molecular weight excluding hydrogens is 220 g/mol. The average Bonchev–Trinajstić information content (AvgIpc) is 2.41. The number of rotatable bonds is 5. The van der Waals surface area contributed by atoms with E-state index in [0.29, 0.717) is 6.54 Å². The number of nitrogens with zero attached hydrogens (tertiary/aromatic N) is 1. The molecule has 2 aromatic carbocycles. The van der Waals surface area contributed by atoms with Gasteiger partial charge in [-0.2, -0.15) is 0 Å². The third-order valence-corrected chi connectivity index (χ3v) is 3.08. The van der Waals surface area contributed by atoms with E-state index in [2.05, 4.69) is 60.5 Å². The molecule has 0 radical (unpaired) electrons. The normalized spacial score (nSPS) is 10.3. The van der Waals surface area contributed by atoms with Crippen molar-refractivity contribution in [3.63, 3.8) is 0 Å². The number of nitrogens with two attached hydrogens (primary N) is 1. The highest BCUT2D eigenvalue weighted by atomic mass is 15.1. The van der Waals surface area contributed by atoms with Gasteiger partial charge in [-0.05, 0) is 30.2 Å². The van der Waals surface area contributed by atoms with Crippen LogP contribution in [-0.2, 0) is 13.0 Å². The number of hydrogen-bond acceptors (Lipinski definition) is 2. The second-order valence-electron chi connectivity index (χ2n) is 4.51. The van der Waals surface area contributed by atoms with E-state index in [9.17, 15) is 0 Å². The largest absolute Gasteiger partial charge is 0.370 e. The zero-order chi connectivity index (χ0) is 12.8. The first-order chi connectivity index (χ1) is 8.81. The van der Waals surface area contributed by atoms with E-state index in [1.165, 1.54) is 16.8 Å². The van der Waals surface area contributed by atoms with Gasteiger partial charge in [0.2, 0.25) is 0 Å². The molecule has 2 N–H and O–H groups in total. The standard InChI is InChI=1S/C16H20N2/c1-18(13-14-7-3-2-4-8-14)16-10-6-5-9-15(16)11-12-17/h2-10H,11-13,17H2,1H3. The summed E-state index contributed by atoms with van der Waals surface area (Å²) in [6, 6.07) is 19.0. The average molecular weight is 240 g/mol. The molecule has 2 heteroatoms. The maximum absolute atomic E-state index is 5.66. The third kappa shape index (κ3) is 3.11. The van der Waals surface area contributed by atoms with E-state index < -0.39 is 0 Å². The molecule has 18 heavy (non-hydrogen) atoms. The predicted molar refractivity (Wildman–Crippen MR) is 77.7 cm³/mol. The summed E-state index contributed by atoms with van der Waals surface area (Å²) < 4.78 is 0. The van der Waals surface area contributed by atoms with Crippen molar-refractivity contribution in [1.82, 2.24) is 0 Å². The molecule has 0 aliphatic rings. The molecule has 2 rings (SSSR count).